The van der Waals surface area contributed by atoms with Crippen molar-refractivity contribution in [3.63, 3.8) is 0 Å². The van der Waals surface area contributed by atoms with Crippen LogP contribution in [0.4, 0.5) is 5.69 Å². The van der Waals surface area contributed by atoms with Crippen molar-refractivity contribution in [2.75, 3.05) is 5.73 Å². The zero-order chi connectivity index (χ0) is 12.7. The number of nitrogen functional groups attached to an aromatic ring is 1. The molecule has 0 spiro atoms. The average molecular weight is 241 g/mol. The first kappa shape index (κ1) is 10.8. The van der Waals surface area contributed by atoms with Crippen molar-refractivity contribution in [2.24, 2.45) is 7.05 Å². The standard InChI is InChI=1S/C13H15N5/c1-9-16-12-7-10(14)3-4-13(12)18(9)8-11-5-6-15-17(11)2/h3-7H,8,14H2,1-2H3. The minimum Gasteiger partial charge on any atom is -0.399 e. The first-order valence-electron chi connectivity index (χ1n) is 5.84. The second-order valence-electron chi connectivity index (χ2n) is 4.44. The van der Waals surface area contributed by atoms with Crippen molar-refractivity contribution in [3.8, 4) is 0 Å². The average Bonchev–Trinajstić information content (AvgIpc) is 2.85. The van der Waals surface area contributed by atoms with E-state index in [4.69, 9.17) is 5.73 Å². The maximum Gasteiger partial charge on any atom is 0.107 e. The summed E-state index contributed by atoms with van der Waals surface area (Å²) >= 11 is 0. The largest absolute Gasteiger partial charge is 0.399 e. The second kappa shape index (κ2) is 3.87. The van der Waals surface area contributed by atoms with Crippen LogP contribution in [0.15, 0.2) is 30.5 Å². The number of aromatic nitrogens is 4. The lowest BCUT2D eigenvalue weighted by molar-refractivity contribution is 0.665. The van der Waals surface area contributed by atoms with Gasteiger partial charge in [-0.2, -0.15) is 5.10 Å². The Hall–Kier alpha value is -2.30. The molecule has 0 atom stereocenters. The third kappa shape index (κ3) is 1.64. The number of fused-ring (bicyclic) bond motifs is 1. The van der Waals surface area contributed by atoms with Gasteiger partial charge in [0, 0.05) is 18.9 Å². The van der Waals surface area contributed by atoms with Gasteiger partial charge in [-0.25, -0.2) is 4.98 Å². The summed E-state index contributed by atoms with van der Waals surface area (Å²) in [5.74, 6) is 0.983. The van der Waals surface area contributed by atoms with Crippen LogP contribution in [0, 0.1) is 6.92 Å². The molecule has 2 aromatic heterocycles. The van der Waals surface area contributed by atoms with E-state index in [0.29, 0.717) is 0 Å². The van der Waals surface area contributed by atoms with E-state index in [0.717, 1.165) is 34.8 Å². The van der Waals surface area contributed by atoms with E-state index in [2.05, 4.69) is 14.6 Å². The van der Waals surface area contributed by atoms with Gasteiger partial charge in [0.15, 0.2) is 0 Å². The van der Waals surface area contributed by atoms with Gasteiger partial charge in [0.1, 0.15) is 5.82 Å². The molecule has 92 valence electrons. The lowest BCUT2D eigenvalue weighted by Crippen LogP contribution is -2.06. The van der Waals surface area contributed by atoms with Crippen LogP contribution in [0.1, 0.15) is 11.5 Å². The van der Waals surface area contributed by atoms with Crippen molar-refractivity contribution >= 4 is 16.7 Å². The molecule has 0 fully saturated rings. The Morgan fingerprint density at radius 2 is 2.11 bits per heavy atom. The molecule has 2 heterocycles. The Morgan fingerprint density at radius 3 is 2.83 bits per heavy atom. The Bertz CT molecular complexity index is 707. The normalized spacial score (nSPS) is 11.2. The van der Waals surface area contributed by atoms with Crippen molar-refractivity contribution in [2.45, 2.75) is 13.5 Å². The number of anilines is 1. The van der Waals surface area contributed by atoms with Crippen LogP contribution in [-0.4, -0.2) is 19.3 Å². The Labute approximate surface area is 105 Å². The molecular weight excluding hydrogens is 226 g/mol. The lowest BCUT2D eigenvalue weighted by atomic mass is 10.3. The molecular formula is C13H15N5. The zero-order valence-corrected chi connectivity index (χ0v) is 10.5. The van der Waals surface area contributed by atoms with E-state index >= 15 is 0 Å². The van der Waals surface area contributed by atoms with Crippen LogP contribution in [0.3, 0.4) is 0 Å². The van der Waals surface area contributed by atoms with Gasteiger partial charge in [0.25, 0.3) is 0 Å². The molecule has 0 amide bonds. The van der Waals surface area contributed by atoms with Crippen LogP contribution in [-0.2, 0) is 13.6 Å². The molecule has 0 bridgehead atoms. The Kier molecular flexibility index (Phi) is 2.33. The Morgan fingerprint density at radius 1 is 1.28 bits per heavy atom. The van der Waals surface area contributed by atoms with Gasteiger partial charge in [-0.3, -0.25) is 4.68 Å². The third-order valence-corrected chi connectivity index (χ3v) is 3.21. The summed E-state index contributed by atoms with van der Waals surface area (Å²) in [7, 11) is 1.95. The SMILES string of the molecule is Cc1nc2cc(N)ccc2n1Cc1ccnn1C. The molecule has 0 saturated heterocycles. The van der Waals surface area contributed by atoms with Gasteiger partial charge in [-0.05, 0) is 31.2 Å². The first-order chi connectivity index (χ1) is 8.65. The van der Waals surface area contributed by atoms with Gasteiger partial charge in [-0.15, -0.1) is 0 Å². The van der Waals surface area contributed by atoms with Gasteiger partial charge >= 0.3 is 0 Å². The first-order valence-corrected chi connectivity index (χ1v) is 5.84. The highest BCUT2D eigenvalue weighted by Gasteiger charge is 2.09. The molecule has 3 rings (SSSR count). The molecule has 5 nitrogen and oxygen atoms in total. The van der Waals surface area contributed by atoms with Crippen LogP contribution < -0.4 is 5.73 Å². The Balaban J connectivity index is 2.11. The van der Waals surface area contributed by atoms with E-state index in [-0.39, 0.29) is 0 Å². The number of nitrogens with zero attached hydrogens (tertiary/aromatic N) is 4. The summed E-state index contributed by atoms with van der Waals surface area (Å²) in [6.07, 6.45) is 1.81. The fraction of sp³-hybridized carbons (Fsp3) is 0.231. The predicted molar refractivity (Wildman–Crippen MR) is 71.2 cm³/mol. The minimum atomic E-state index is 0.743. The van der Waals surface area contributed by atoms with Crippen LogP contribution in [0.5, 0.6) is 0 Å². The predicted octanol–water partition coefficient (Wildman–Crippen LogP) is 1.71. The van der Waals surface area contributed by atoms with E-state index < -0.39 is 0 Å². The number of hydrogen-bond acceptors (Lipinski definition) is 3. The van der Waals surface area contributed by atoms with Crippen molar-refractivity contribution in [1.29, 1.82) is 0 Å². The van der Waals surface area contributed by atoms with Gasteiger partial charge in [-0.1, -0.05) is 0 Å². The molecule has 3 aromatic rings. The highest BCUT2D eigenvalue weighted by molar-refractivity contribution is 5.79. The summed E-state index contributed by atoms with van der Waals surface area (Å²) in [6.45, 7) is 2.77. The fourth-order valence-corrected chi connectivity index (χ4v) is 2.19. The summed E-state index contributed by atoms with van der Waals surface area (Å²) in [4.78, 5) is 4.54. The zero-order valence-electron chi connectivity index (χ0n) is 10.5. The highest BCUT2D eigenvalue weighted by atomic mass is 15.3. The van der Waals surface area contributed by atoms with Crippen LogP contribution in [0.2, 0.25) is 0 Å². The molecule has 0 unspecified atom stereocenters. The highest BCUT2D eigenvalue weighted by Crippen LogP contribution is 2.19. The van der Waals surface area contributed by atoms with Crippen LogP contribution >= 0.6 is 0 Å². The smallest absolute Gasteiger partial charge is 0.107 e. The molecule has 0 aliphatic rings. The van der Waals surface area contributed by atoms with Crippen molar-refractivity contribution in [3.05, 3.63) is 42.0 Å². The maximum atomic E-state index is 5.78. The molecule has 0 aliphatic heterocycles. The number of imidazole rings is 1. The van der Waals surface area contributed by atoms with Gasteiger partial charge in [0.2, 0.25) is 0 Å². The van der Waals surface area contributed by atoms with Crippen LogP contribution in [0.25, 0.3) is 11.0 Å². The molecule has 1 aromatic carbocycles. The summed E-state index contributed by atoms with van der Waals surface area (Å²) in [6, 6.07) is 7.84. The number of benzene rings is 1. The quantitative estimate of drug-likeness (QED) is 0.695. The van der Waals surface area contributed by atoms with E-state index in [1.165, 1.54) is 0 Å². The minimum absolute atomic E-state index is 0.743. The van der Waals surface area contributed by atoms with E-state index in [1.807, 2.05) is 49.1 Å². The van der Waals surface area contributed by atoms with Crippen molar-refractivity contribution < 1.29 is 0 Å². The van der Waals surface area contributed by atoms with Crippen molar-refractivity contribution in [1.82, 2.24) is 19.3 Å². The molecule has 2 N–H and O–H groups in total. The summed E-state index contributed by atoms with van der Waals surface area (Å²) in [5.41, 5.74) is 9.71. The summed E-state index contributed by atoms with van der Waals surface area (Å²) in [5, 5.41) is 4.18. The fourth-order valence-electron chi connectivity index (χ4n) is 2.19. The summed E-state index contributed by atoms with van der Waals surface area (Å²) < 4.78 is 4.05. The maximum absolute atomic E-state index is 5.78. The molecule has 5 heteroatoms. The molecule has 0 saturated carbocycles. The van der Waals surface area contributed by atoms with Gasteiger partial charge < -0.3 is 10.3 Å². The molecule has 18 heavy (non-hydrogen) atoms. The van der Waals surface area contributed by atoms with Gasteiger partial charge in [0.05, 0.1) is 23.3 Å². The second-order valence-corrected chi connectivity index (χ2v) is 4.44. The number of nitrogens with two attached hydrogens (primary N) is 1. The molecule has 0 radical (unpaired) electrons. The number of aryl methyl sites for hydroxylation is 2. The number of hydrogen-bond donors (Lipinski definition) is 1. The van der Waals surface area contributed by atoms with E-state index in [9.17, 15) is 0 Å². The monoisotopic (exact) mass is 241 g/mol. The topological polar surface area (TPSA) is 61.7 Å². The molecule has 0 aliphatic carbocycles. The lowest BCUT2D eigenvalue weighted by Gasteiger charge is -2.07. The van der Waals surface area contributed by atoms with E-state index in [1.54, 1.807) is 0 Å². The number of rotatable bonds is 2. The third-order valence-electron chi connectivity index (χ3n) is 3.21.